The van der Waals surface area contributed by atoms with Crippen molar-refractivity contribution in [2.24, 2.45) is 11.8 Å². The standard InChI is InChI=1S/C18H25NO/c1-11(2)15-5-4-6-16(12(3)13-7-8-13)17(15)19-18(20)14-9-10-14/h4-6,11-14H,7-10H2,1-3H3,(H,19,20). The molecule has 1 atom stereocenters. The Bertz CT molecular complexity index is 512. The lowest BCUT2D eigenvalue weighted by Gasteiger charge is -2.22. The largest absolute Gasteiger partial charge is 0.325 e. The third-order valence-corrected chi connectivity index (χ3v) is 4.77. The van der Waals surface area contributed by atoms with Crippen molar-refractivity contribution < 1.29 is 4.79 Å². The van der Waals surface area contributed by atoms with Gasteiger partial charge < -0.3 is 5.32 Å². The zero-order chi connectivity index (χ0) is 14.3. The second kappa shape index (κ2) is 5.23. The summed E-state index contributed by atoms with van der Waals surface area (Å²) in [7, 11) is 0. The zero-order valence-electron chi connectivity index (χ0n) is 12.8. The Labute approximate surface area is 122 Å². The highest BCUT2D eigenvalue weighted by Gasteiger charge is 2.33. The van der Waals surface area contributed by atoms with Gasteiger partial charge in [-0.25, -0.2) is 0 Å². The fourth-order valence-corrected chi connectivity index (χ4v) is 3.01. The van der Waals surface area contributed by atoms with Crippen LogP contribution in [0.4, 0.5) is 5.69 Å². The molecule has 0 spiro atoms. The average molecular weight is 271 g/mol. The molecule has 2 fully saturated rings. The van der Waals surface area contributed by atoms with Gasteiger partial charge in [-0.1, -0.05) is 39.0 Å². The summed E-state index contributed by atoms with van der Waals surface area (Å²) in [5, 5.41) is 3.25. The Hall–Kier alpha value is -1.31. The van der Waals surface area contributed by atoms with E-state index in [0.717, 1.165) is 24.4 Å². The van der Waals surface area contributed by atoms with Gasteiger partial charge in [-0.3, -0.25) is 4.79 Å². The number of rotatable bonds is 5. The minimum atomic E-state index is 0.224. The molecule has 1 amide bonds. The molecule has 1 aromatic rings. The molecule has 0 bridgehead atoms. The normalized spacial score (nSPS) is 20.0. The summed E-state index contributed by atoms with van der Waals surface area (Å²) in [6, 6.07) is 6.52. The fourth-order valence-electron chi connectivity index (χ4n) is 3.01. The highest BCUT2D eigenvalue weighted by atomic mass is 16.2. The van der Waals surface area contributed by atoms with Gasteiger partial charge in [0, 0.05) is 11.6 Å². The van der Waals surface area contributed by atoms with Crippen LogP contribution in [-0.2, 0) is 4.79 Å². The summed E-state index contributed by atoms with van der Waals surface area (Å²) < 4.78 is 0. The molecule has 0 radical (unpaired) electrons. The number of para-hydroxylation sites is 1. The highest BCUT2D eigenvalue weighted by molar-refractivity contribution is 5.95. The molecular weight excluding hydrogens is 246 g/mol. The maximum absolute atomic E-state index is 12.2. The topological polar surface area (TPSA) is 29.1 Å². The lowest BCUT2D eigenvalue weighted by atomic mass is 9.89. The van der Waals surface area contributed by atoms with Crippen molar-refractivity contribution in [2.75, 3.05) is 5.32 Å². The first-order valence-corrected chi connectivity index (χ1v) is 8.01. The summed E-state index contributed by atoms with van der Waals surface area (Å²) in [4.78, 5) is 12.2. The van der Waals surface area contributed by atoms with Gasteiger partial charge in [-0.05, 0) is 54.6 Å². The first-order chi connectivity index (χ1) is 9.58. The van der Waals surface area contributed by atoms with Gasteiger partial charge in [0.2, 0.25) is 5.91 Å². The number of hydrogen-bond donors (Lipinski definition) is 1. The minimum absolute atomic E-state index is 0.224. The van der Waals surface area contributed by atoms with E-state index in [9.17, 15) is 4.79 Å². The molecule has 0 aliphatic heterocycles. The second-order valence-electron chi connectivity index (χ2n) is 6.86. The Morgan fingerprint density at radius 2 is 1.75 bits per heavy atom. The molecule has 1 aromatic carbocycles. The van der Waals surface area contributed by atoms with Crippen molar-refractivity contribution in [1.82, 2.24) is 0 Å². The number of carbonyl (C=O) groups excluding carboxylic acids is 1. The van der Waals surface area contributed by atoms with Crippen LogP contribution in [0.5, 0.6) is 0 Å². The predicted octanol–water partition coefficient (Wildman–Crippen LogP) is 4.67. The van der Waals surface area contributed by atoms with Crippen LogP contribution in [-0.4, -0.2) is 5.91 Å². The van der Waals surface area contributed by atoms with Crippen molar-refractivity contribution >= 4 is 11.6 Å². The summed E-state index contributed by atoms with van der Waals surface area (Å²) >= 11 is 0. The van der Waals surface area contributed by atoms with Crippen LogP contribution in [0.2, 0.25) is 0 Å². The van der Waals surface area contributed by atoms with Crippen LogP contribution in [0, 0.1) is 11.8 Å². The smallest absolute Gasteiger partial charge is 0.227 e. The molecule has 20 heavy (non-hydrogen) atoms. The van der Waals surface area contributed by atoms with E-state index in [1.165, 1.54) is 24.0 Å². The monoisotopic (exact) mass is 271 g/mol. The van der Waals surface area contributed by atoms with Gasteiger partial charge >= 0.3 is 0 Å². The predicted molar refractivity (Wildman–Crippen MR) is 83.0 cm³/mol. The molecule has 2 heteroatoms. The summed E-state index contributed by atoms with van der Waals surface area (Å²) in [5.74, 6) is 2.30. The molecule has 0 saturated heterocycles. The van der Waals surface area contributed by atoms with Crippen LogP contribution in [0.15, 0.2) is 18.2 Å². The number of amides is 1. The Morgan fingerprint density at radius 1 is 1.10 bits per heavy atom. The van der Waals surface area contributed by atoms with Gasteiger partial charge in [-0.15, -0.1) is 0 Å². The van der Waals surface area contributed by atoms with E-state index in [4.69, 9.17) is 0 Å². The van der Waals surface area contributed by atoms with Crippen LogP contribution in [0.1, 0.15) is 69.4 Å². The number of hydrogen-bond acceptors (Lipinski definition) is 1. The SMILES string of the molecule is CC(C)c1cccc(C(C)C2CC2)c1NC(=O)C1CC1. The van der Waals surface area contributed by atoms with Gasteiger partial charge in [0.25, 0.3) is 0 Å². The average Bonchev–Trinajstić information content (AvgIpc) is 3.30. The van der Waals surface area contributed by atoms with E-state index in [-0.39, 0.29) is 11.8 Å². The third kappa shape index (κ3) is 2.74. The quantitative estimate of drug-likeness (QED) is 0.828. The van der Waals surface area contributed by atoms with Gasteiger partial charge in [0.05, 0.1) is 0 Å². The Balaban J connectivity index is 1.94. The first-order valence-electron chi connectivity index (χ1n) is 8.01. The van der Waals surface area contributed by atoms with E-state index < -0.39 is 0 Å². The van der Waals surface area contributed by atoms with Crippen LogP contribution in [0.3, 0.4) is 0 Å². The molecule has 2 aliphatic carbocycles. The Morgan fingerprint density at radius 3 is 2.30 bits per heavy atom. The number of anilines is 1. The minimum Gasteiger partial charge on any atom is -0.325 e. The van der Waals surface area contributed by atoms with Crippen LogP contribution >= 0.6 is 0 Å². The molecular formula is C18H25NO. The van der Waals surface area contributed by atoms with Crippen LogP contribution in [0.25, 0.3) is 0 Å². The van der Waals surface area contributed by atoms with E-state index >= 15 is 0 Å². The van der Waals surface area contributed by atoms with E-state index in [1.807, 2.05) is 0 Å². The summed E-state index contributed by atoms with van der Waals surface area (Å²) in [6.07, 6.45) is 4.79. The van der Waals surface area contributed by atoms with Crippen molar-refractivity contribution in [1.29, 1.82) is 0 Å². The van der Waals surface area contributed by atoms with Gasteiger partial charge in [0.15, 0.2) is 0 Å². The molecule has 1 unspecified atom stereocenters. The summed E-state index contributed by atoms with van der Waals surface area (Å²) in [5.41, 5.74) is 3.73. The van der Waals surface area contributed by atoms with E-state index in [1.54, 1.807) is 0 Å². The third-order valence-electron chi connectivity index (χ3n) is 4.77. The molecule has 2 saturated carbocycles. The summed E-state index contributed by atoms with van der Waals surface area (Å²) in [6.45, 7) is 6.71. The van der Waals surface area contributed by atoms with Crippen LogP contribution < -0.4 is 5.32 Å². The molecule has 0 heterocycles. The molecule has 3 rings (SSSR count). The lowest BCUT2D eigenvalue weighted by molar-refractivity contribution is -0.117. The van der Waals surface area contributed by atoms with Crippen molar-refractivity contribution in [3.63, 3.8) is 0 Å². The molecule has 0 aromatic heterocycles. The Kier molecular flexibility index (Phi) is 3.57. The maximum atomic E-state index is 12.2. The molecule has 108 valence electrons. The molecule has 2 aliphatic rings. The maximum Gasteiger partial charge on any atom is 0.227 e. The molecule has 1 N–H and O–H groups in total. The first kappa shape index (κ1) is 13.7. The number of carbonyl (C=O) groups is 1. The fraction of sp³-hybridized carbons (Fsp3) is 0.611. The van der Waals surface area contributed by atoms with Crippen molar-refractivity contribution in [3.05, 3.63) is 29.3 Å². The number of nitrogens with one attached hydrogen (secondary N) is 1. The molecule has 2 nitrogen and oxygen atoms in total. The van der Waals surface area contributed by atoms with Crippen molar-refractivity contribution in [2.45, 2.75) is 58.3 Å². The van der Waals surface area contributed by atoms with Crippen molar-refractivity contribution in [3.8, 4) is 0 Å². The number of benzene rings is 1. The van der Waals surface area contributed by atoms with E-state index in [2.05, 4.69) is 44.3 Å². The zero-order valence-corrected chi connectivity index (χ0v) is 12.8. The highest BCUT2D eigenvalue weighted by Crippen LogP contribution is 2.46. The van der Waals surface area contributed by atoms with Gasteiger partial charge in [-0.2, -0.15) is 0 Å². The van der Waals surface area contributed by atoms with E-state index in [0.29, 0.717) is 11.8 Å². The van der Waals surface area contributed by atoms with Gasteiger partial charge in [0.1, 0.15) is 0 Å². The second-order valence-corrected chi connectivity index (χ2v) is 6.86. The lowest BCUT2D eigenvalue weighted by Crippen LogP contribution is -2.17.